The van der Waals surface area contributed by atoms with Gasteiger partial charge in [0.05, 0.1) is 18.8 Å². The maximum atomic E-state index is 9.94. The molecule has 1 heterocycles. The Morgan fingerprint density at radius 1 is 0.864 bits per heavy atom. The molecule has 4 atom stereocenters. The van der Waals surface area contributed by atoms with Crippen LogP contribution in [-0.2, 0) is 0 Å². The van der Waals surface area contributed by atoms with Gasteiger partial charge in [-0.3, -0.25) is 4.90 Å². The van der Waals surface area contributed by atoms with Gasteiger partial charge < -0.3 is 20.4 Å². The van der Waals surface area contributed by atoms with E-state index in [1.807, 2.05) is 4.90 Å². The highest BCUT2D eigenvalue weighted by Gasteiger charge is 2.40. The van der Waals surface area contributed by atoms with Crippen molar-refractivity contribution in [2.75, 3.05) is 19.7 Å². The minimum absolute atomic E-state index is 0.187. The third kappa shape index (κ3) is 4.90. The molecule has 22 heavy (non-hydrogen) atoms. The van der Waals surface area contributed by atoms with Crippen molar-refractivity contribution in [1.82, 2.24) is 4.90 Å². The minimum Gasteiger partial charge on any atom is -0.395 e. The summed E-state index contributed by atoms with van der Waals surface area (Å²) in [6, 6.07) is -0.461. The molecule has 5 heteroatoms. The largest absolute Gasteiger partial charge is 0.395 e. The topological polar surface area (TPSA) is 84.2 Å². The Bertz CT molecular complexity index is 309. The van der Waals surface area contributed by atoms with Crippen molar-refractivity contribution in [2.45, 2.75) is 82.1 Å². The van der Waals surface area contributed by atoms with E-state index in [2.05, 4.69) is 0 Å². The van der Waals surface area contributed by atoms with Gasteiger partial charge in [-0.1, -0.05) is 51.4 Å². The molecule has 2 aliphatic rings. The van der Waals surface area contributed by atoms with E-state index in [9.17, 15) is 20.4 Å². The molecule has 130 valence electrons. The number of unbranched alkanes of at least 4 members (excludes halogenated alkanes) is 2. The lowest BCUT2D eigenvalue weighted by Gasteiger charge is -2.43. The second-order valence-electron chi connectivity index (χ2n) is 7.15. The SMILES string of the molecule is OC[C@@H]1[C@@H](O)[C@H](O)[C@@H](O)CN1CCCCCC1CCCCC1. The highest BCUT2D eigenvalue weighted by Crippen LogP contribution is 2.28. The van der Waals surface area contributed by atoms with E-state index in [4.69, 9.17) is 0 Å². The van der Waals surface area contributed by atoms with Crippen molar-refractivity contribution in [1.29, 1.82) is 0 Å². The Hall–Kier alpha value is -0.200. The summed E-state index contributed by atoms with van der Waals surface area (Å²) in [5.41, 5.74) is 0. The maximum Gasteiger partial charge on any atom is 0.109 e. The average molecular weight is 315 g/mol. The number of piperidine rings is 1. The van der Waals surface area contributed by atoms with E-state index < -0.39 is 24.4 Å². The van der Waals surface area contributed by atoms with Crippen molar-refractivity contribution in [2.24, 2.45) is 5.92 Å². The molecule has 2 rings (SSSR count). The highest BCUT2D eigenvalue weighted by molar-refractivity contribution is 4.93. The van der Waals surface area contributed by atoms with Crippen LogP contribution in [0.3, 0.4) is 0 Å². The zero-order chi connectivity index (χ0) is 15.9. The molecule has 0 aromatic carbocycles. The molecule has 1 saturated carbocycles. The van der Waals surface area contributed by atoms with Gasteiger partial charge >= 0.3 is 0 Å². The molecule has 0 unspecified atom stereocenters. The molecule has 0 aromatic heterocycles. The summed E-state index contributed by atoms with van der Waals surface area (Å²) in [5.74, 6) is 0.924. The van der Waals surface area contributed by atoms with E-state index in [-0.39, 0.29) is 6.61 Å². The molecule has 2 fully saturated rings. The average Bonchev–Trinajstić information content (AvgIpc) is 2.53. The van der Waals surface area contributed by atoms with Crippen molar-refractivity contribution in [3.63, 3.8) is 0 Å². The second kappa shape index (κ2) is 9.18. The molecule has 1 aliphatic carbocycles. The van der Waals surface area contributed by atoms with Crippen molar-refractivity contribution < 1.29 is 20.4 Å². The van der Waals surface area contributed by atoms with Crippen LogP contribution in [0.15, 0.2) is 0 Å². The van der Waals surface area contributed by atoms with E-state index in [0.717, 1.165) is 25.3 Å². The standard InChI is InChI=1S/C17H33NO4/c19-12-14-16(21)17(22)15(20)11-18(14)10-6-2-5-9-13-7-3-1-4-8-13/h13-17,19-22H,1-12H2/t14-,15+,16-,17-/m1/s1. The predicted molar refractivity (Wildman–Crippen MR) is 85.5 cm³/mol. The second-order valence-corrected chi connectivity index (χ2v) is 7.15. The Morgan fingerprint density at radius 2 is 1.59 bits per heavy atom. The van der Waals surface area contributed by atoms with Crippen LogP contribution in [-0.4, -0.2) is 69.4 Å². The Balaban J connectivity index is 1.64. The van der Waals surface area contributed by atoms with Gasteiger partial charge in [0.2, 0.25) is 0 Å². The van der Waals surface area contributed by atoms with Crippen LogP contribution in [0.2, 0.25) is 0 Å². The molecule has 4 N–H and O–H groups in total. The van der Waals surface area contributed by atoms with E-state index in [0.29, 0.717) is 6.54 Å². The predicted octanol–water partition coefficient (Wildman–Crippen LogP) is 0.886. The minimum atomic E-state index is -1.15. The lowest BCUT2D eigenvalue weighted by Crippen LogP contribution is -2.62. The quantitative estimate of drug-likeness (QED) is 0.524. The Morgan fingerprint density at radius 3 is 2.27 bits per heavy atom. The Kier molecular flexibility index (Phi) is 7.57. The lowest BCUT2D eigenvalue weighted by atomic mass is 9.85. The first-order valence-corrected chi connectivity index (χ1v) is 9.02. The third-order valence-corrected chi connectivity index (χ3v) is 5.50. The first-order valence-electron chi connectivity index (χ1n) is 9.02. The molecular weight excluding hydrogens is 282 g/mol. The van der Waals surface area contributed by atoms with Crippen molar-refractivity contribution >= 4 is 0 Å². The van der Waals surface area contributed by atoms with Gasteiger partial charge in [0, 0.05) is 6.54 Å². The highest BCUT2D eigenvalue weighted by atomic mass is 16.4. The molecule has 5 nitrogen and oxygen atoms in total. The fourth-order valence-electron chi connectivity index (χ4n) is 4.04. The fourth-order valence-corrected chi connectivity index (χ4v) is 4.04. The summed E-state index contributed by atoms with van der Waals surface area (Å²) in [7, 11) is 0. The van der Waals surface area contributed by atoms with E-state index in [1.54, 1.807) is 0 Å². The molecule has 0 amide bonds. The number of rotatable bonds is 7. The van der Waals surface area contributed by atoms with E-state index >= 15 is 0 Å². The maximum absolute atomic E-state index is 9.94. The summed E-state index contributed by atoms with van der Waals surface area (Å²) in [6.45, 7) is 0.899. The van der Waals surface area contributed by atoms with Crippen LogP contribution < -0.4 is 0 Å². The molecule has 0 radical (unpaired) electrons. The van der Waals surface area contributed by atoms with Gasteiger partial charge in [-0.15, -0.1) is 0 Å². The first kappa shape index (κ1) is 18.1. The normalized spacial score (nSPS) is 34.9. The van der Waals surface area contributed by atoms with Crippen molar-refractivity contribution in [3.05, 3.63) is 0 Å². The van der Waals surface area contributed by atoms with Crippen LogP contribution in [0.5, 0.6) is 0 Å². The van der Waals surface area contributed by atoms with Crippen LogP contribution in [0.25, 0.3) is 0 Å². The summed E-state index contributed by atoms with van der Waals surface area (Å²) in [6.07, 6.45) is 8.58. The smallest absolute Gasteiger partial charge is 0.109 e. The van der Waals surface area contributed by atoms with Gasteiger partial charge in [0.25, 0.3) is 0 Å². The van der Waals surface area contributed by atoms with Crippen LogP contribution >= 0.6 is 0 Å². The van der Waals surface area contributed by atoms with Gasteiger partial charge in [-0.25, -0.2) is 0 Å². The van der Waals surface area contributed by atoms with Crippen molar-refractivity contribution in [3.8, 4) is 0 Å². The van der Waals surface area contributed by atoms with Crippen LogP contribution in [0.1, 0.15) is 57.8 Å². The molecule has 0 bridgehead atoms. The molecule has 0 spiro atoms. The van der Waals surface area contributed by atoms with Crippen LogP contribution in [0.4, 0.5) is 0 Å². The van der Waals surface area contributed by atoms with Gasteiger partial charge in [-0.2, -0.15) is 0 Å². The number of aliphatic hydroxyl groups is 4. The lowest BCUT2D eigenvalue weighted by molar-refractivity contribution is -0.145. The van der Waals surface area contributed by atoms with Gasteiger partial charge in [-0.05, 0) is 18.9 Å². The number of likely N-dealkylation sites (tertiary alicyclic amines) is 1. The molecule has 1 aliphatic heterocycles. The molecule has 1 saturated heterocycles. The summed E-state index contributed by atoms with van der Waals surface area (Å²) < 4.78 is 0. The fraction of sp³-hybridized carbons (Fsp3) is 1.00. The number of hydrogen-bond donors (Lipinski definition) is 4. The monoisotopic (exact) mass is 315 g/mol. The summed E-state index contributed by atoms with van der Waals surface area (Å²) >= 11 is 0. The van der Waals surface area contributed by atoms with Gasteiger partial charge in [0.15, 0.2) is 0 Å². The van der Waals surface area contributed by atoms with Crippen LogP contribution in [0, 0.1) is 5.92 Å². The summed E-state index contributed by atoms with van der Waals surface area (Å²) in [4.78, 5) is 1.92. The number of hydrogen-bond acceptors (Lipinski definition) is 5. The number of β-amino-alcohol motifs (C(OH)–C–C–N with tert-alkyl or cyclic N) is 1. The number of aliphatic hydroxyl groups excluding tert-OH is 4. The summed E-state index contributed by atoms with van der Waals surface area (Å²) in [5, 5.41) is 38.8. The first-order chi connectivity index (χ1) is 10.6. The molecule has 0 aromatic rings. The van der Waals surface area contributed by atoms with E-state index in [1.165, 1.54) is 44.9 Å². The zero-order valence-corrected chi connectivity index (χ0v) is 13.6. The molecular formula is C17H33NO4. The zero-order valence-electron chi connectivity index (χ0n) is 13.6. The Labute approximate surface area is 134 Å². The third-order valence-electron chi connectivity index (χ3n) is 5.50. The number of nitrogens with zero attached hydrogens (tertiary/aromatic N) is 1. The van der Waals surface area contributed by atoms with Gasteiger partial charge in [0.1, 0.15) is 12.2 Å².